The van der Waals surface area contributed by atoms with Crippen molar-refractivity contribution in [3.8, 4) is 0 Å². The number of benzene rings is 1. The van der Waals surface area contributed by atoms with E-state index >= 15 is 0 Å². The number of piperidine rings is 1. The smallest absolute Gasteiger partial charge is 0.271 e. The van der Waals surface area contributed by atoms with Crippen LogP contribution in [0.3, 0.4) is 0 Å². The van der Waals surface area contributed by atoms with Crippen molar-refractivity contribution in [3.63, 3.8) is 0 Å². The topological polar surface area (TPSA) is 67.2 Å². The highest BCUT2D eigenvalue weighted by atomic mass is 16.6. The maximum absolute atomic E-state index is 10.7. The van der Waals surface area contributed by atoms with Crippen LogP contribution in [0.5, 0.6) is 0 Å². The van der Waals surface area contributed by atoms with Gasteiger partial charge in [-0.2, -0.15) is 0 Å². The minimum atomic E-state index is -0.365. The summed E-state index contributed by atoms with van der Waals surface area (Å²) in [7, 11) is 0. The molecule has 0 aliphatic carbocycles. The Hall–Kier alpha value is -1.62. The molecule has 0 spiro atoms. The molecule has 5 nitrogen and oxygen atoms in total. The second-order valence-electron chi connectivity index (χ2n) is 4.74. The Labute approximate surface area is 100 Å². The second kappa shape index (κ2) is 4.71. The molecule has 1 fully saturated rings. The van der Waals surface area contributed by atoms with Crippen molar-refractivity contribution >= 4 is 11.4 Å². The highest BCUT2D eigenvalue weighted by Crippen LogP contribution is 2.25. The van der Waals surface area contributed by atoms with Gasteiger partial charge in [-0.05, 0) is 38.9 Å². The zero-order valence-corrected chi connectivity index (χ0v) is 9.90. The third kappa shape index (κ3) is 2.94. The van der Waals surface area contributed by atoms with E-state index in [1.165, 1.54) is 6.07 Å². The van der Waals surface area contributed by atoms with Crippen LogP contribution in [0.4, 0.5) is 11.4 Å². The number of nitrogens with one attached hydrogen (secondary N) is 2. The molecule has 0 saturated carbocycles. The minimum Gasteiger partial charge on any atom is -0.380 e. The molecule has 1 aliphatic heterocycles. The average Bonchev–Trinajstić information content (AvgIpc) is 2.29. The molecule has 0 atom stereocenters. The fraction of sp³-hybridized carbons (Fsp3) is 0.500. The van der Waals surface area contributed by atoms with Crippen molar-refractivity contribution < 1.29 is 4.92 Å². The highest BCUT2D eigenvalue weighted by molar-refractivity contribution is 5.52. The molecular weight excluding hydrogens is 218 g/mol. The van der Waals surface area contributed by atoms with Gasteiger partial charge in [-0.1, -0.05) is 6.07 Å². The molecule has 1 aliphatic rings. The number of rotatable bonds is 3. The first-order valence-corrected chi connectivity index (χ1v) is 5.82. The Bertz CT molecular complexity index is 414. The summed E-state index contributed by atoms with van der Waals surface area (Å²) in [5.41, 5.74) is 0.983. The van der Waals surface area contributed by atoms with Gasteiger partial charge in [0.1, 0.15) is 0 Å². The molecule has 0 aromatic heterocycles. The third-order valence-corrected chi connectivity index (χ3v) is 3.21. The van der Waals surface area contributed by atoms with E-state index in [9.17, 15) is 10.1 Å². The maximum Gasteiger partial charge on any atom is 0.271 e. The van der Waals surface area contributed by atoms with Crippen molar-refractivity contribution in [2.24, 2.45) is 0 Å². The van der Waals surface area contributed by atoms with Gasteiger partial charge in [0.2, 0.25) is 0 Å². The molecule has 2 rings (SSSR count). The van der Waals surface area contributed by atoms with Gasteiger partial charge in [-0.25, -0.2) is 0 Å². The van der Waals surface area contributed by atoms with E-state index in [4.69, 9.17) is 0 Å². The molecule has 1 aromatic carbocycles. The second-order valence-corrected chi connectivity index (χ2v) is 4.74. The first-order valence-electron chi connectivity index (χ1n) is 5.82. The molecule has 1 saturated heterocycles. The van der Waals surface area contributed by atoms with Gasteiger partial charge in [-0.3, -0.25) is 10.1 Å². The molecule has 17 heavy (non-hydrogen) atoms. The SMILES string of the molecule is CC1(Nc2cccc([N+](=O)[O-])c2)CCNCC1. The van der Waals surface area contributed by atoms with Crippen molar-refractivity contribution in [2.75, 3.05) is 18.4 Å². The predicted molar refractivity (Wildman–Crippen MR) is 67.2 cm³/mol. The molecule has 0 unspecified atom stereocenters. The lowest BCUT2D eigenvalue weighted by Crippen LogP contribution is -2.45. The van der Waals surface area contributed by atoms with Crippen LogP contribution < -0.4 is 10.6 Å². The monoisotopic (exact) mass is 235 g/mol. The summed E-state index contributed by atoms with van der Waals surface area (Å²) in [6.07, 6.45) is 2.05. The summed E-state index contributed by atoms with van der Waals surface area (Å²) >= 11 is 0. The van der Waals surface area contributed by atoms with E-state index in [0.717, 1.165) is 31.6 Å². The number of anilines is 1. The number of hydrogen-bond donors (Lipinski definition) is 2. The summed E-state index contributed by atoms with van der Waals surface area (Å²) in [6, 6.07) is 6.69. The first-order chi connectivity index (χ1) is 8.09. The van der Waals surface area contributed by atoms with Gasteiger partial charge in [0, 0.05) is 23.4 Å². The van der Waals surface area contributed by atoms with E-state index in [0.29, 0.717) is 0 Å². The Morgan fingerprint density at radius 3 is 2.76 bits per heavy atom. The normalized spacial score (nSPS) is 18.6. The predicted octanol–water partition coefficient (Wildman–Crippen LogP) is 2.15. The molecule has 1 heterocycles. The van der Waals surface area contributed by atoms with Crippen LogP contribution in [0, 0.1) is 10.1 Å². The lowest BCUT2D eigenvalue weighted by atomic mass is 9.90. The van der Waals surface area contributed by atoms with Gasteiger partial charge in [0.05, 0.1) is 4.92 Å². The summed E-state index contributed by atoms with van der Waals surface area (Å²) < 4.78 is 0. The van der Waals surface area contributed by atoms with Crippen molar-refractivity contribution in [3.05, 3.63) is 34.4 Å². The highest BCUT2D eigenvalue weighted by Gasteiger charge is 2.26. The quantitative estimate of drug-likeness (QED) is 0.622. The number of nitro groups is 1. The number of nitro benzene ring substituents is 1. The van der Waals surface area contributed by atoms with Crippen LogP contribution in [0.15, 0.2) is 24.3 Å². The molecule has 0 amide bonds. The van der Waals surface area contributed by atoms with Crippen LogP contribution in [-0.2, 0) is 0 Å². The fourth-order valence-corrected chi connectivity index (χ4v) is 2.15. The van der Waals surface area contributed by atoms with E-state index in [1.807, 2.05) is 6.07 Å². The maximum atomic E-state index is 10.7. The Morgan fingerprint density at radius 2 is 2.12 bits per heavy atom. The lowest BCUT2D eigenvalue weighted by molar-refractivity contribution is -0.384. The van der Waals surface area contributed by atoms with Gasteiger partial charge < -0.3 is 10.6 Å². The summed E-state index contributed by atoms with van der Waals surface area (Å²) in [5.74, 6) is 0. The molecule has 5 heteroatoms. The van der Waals surface area contributed by atoms with Crippen molar-refractivity contribution in [1.82, 2.24) is 5.32 Å². The third-order valence-electron chi connectivity index (χ3n) is 3.21. The molecule has 92 valence electrons. The van der Waals surface area contributed by atoms with Crippen LogP contribution in [0.1, 0.15) is 19.8 Å². The molecule has 1 aromatic rings. The summed E-state index contributed by atoms with van der Waals surface area (Å²) in [6.45, 7) is 4.13. The van der Waals surface area contributed by atoms with E-state index < -0.39 is 0 Å². The largest absolute Gasteiger partial charge is 0.380 e. The Kier molecular flexibility index (Phi) is 3.28. The average molecular weight is 235 g/mol. The first kappa shape index (κ1) is 11.9. The van der Waals surface area contributed by atoms with Crippen LogP contribution >= 0.6 is 0 Å². The van der Waals surface area contributed by atoms with E-state index in [1.54, 1.807) is 12.1 Å². The van der Waals surface area contributed by atoms with E-state index in [2.05, 4.69) is 17.6 Å². The molecule has 0 radical (unpaired) electrons. The minimum absolute atomic E-state index is 0.0282. The standard InChI is InChI=1S/C12H17N3O2/c1-12(5-7-13-8-6-12)14-10-3-2-4-11(9-10)15(16)17/h2-4,9,13-14H,5-8H2,1H3. The van der Waals surface area contributed by atoms with Crippen LogP contribution in [-0.4, -0.2) is 23.6 Å². The number of nitrogens with zero attached hydrogens (tertiary/aromatic N) is 1. The van der Waals surface area contributed by atoms with Crippen molar-refractivity contribution in [1.29, 1.82) is 0 Å². The zero-order valence-electron chi connectivity index (χ0n) is 9.90. The van der Waals surface area contributed by atoms with Gasteiger partial charge in [0.25, 0.3) is 5.69 Å². The van der Waals surface area contributed by atoms with Gasteiger partial charge >= 0.3 is 0 Å². The number of hydrogen-bond acceptors (Lipinski definition) is 4. The Morgan fingerprint density at radius 1 is 1.41 bits per heavy atom. The van der Waals surface area contributed by atoms with E-state index in [-0.39, 0.29) is 16.1 Å². The summed E-state index contributed by atoms with van der Waals surface area (Å²) in [4.78, 5) is 10.3. The van der Waals surface area contributed by atoms with Crippen LogP contribution in [0.2, 0.25) is 0 Å². The van der Waals surface area contributed by atoms with Crippen molar-refractivity contribution in [2.45, 2.75) is 25.3 Å². The molecule has 2 N–H and O–H groups in total. The molecule has 0 bridgehead atoms. The number of non-ortho nitro benzene ring substituents is 1. The van der Waals surface area contributed by atoms with Crippen LogP contribution in [0.25, 0.3) is 0 Å². The Balaban J connectivity index is 2.12. The summed E-state index contributed by atoms with van der Waals surface area (Å²) in [5, 5.41) is 17.4. The van der Waals surface area contributed by atoms with Gasteiger partial charge in [0.15, 0.2) is 0 Å². The molecular formula is C12H17N3O2. The fourth-order valence-electron chi connectivity index (χ4n) is 2.15. The zero-order chi connectivity index (χ0) is 12.3. The lowest BCUT2D eigenvalue weighted by Gasteiger charge is -2.35. The van der Waals surface area contributed by atoms with Gasteiger partial charge in [-0.15, -0.1) is 0 Å².